The fourth-order valence-electron chi connectivity index (χ4n) is 2.36. The first-order valence-corrected chi connectivity index (χ1v) is 6.56. The molecule has 1 aromatic carbocycles. The monoisotopic (exact) mass is 266 g/mol. The highest BCUT2D eigenvalue weighted by atomic mass is 35.5. The van der Waals surface area contributed by atoms with Gasteiger partial charge in [0.05, 0.1) is 5.41 Å². The third-order valence-electron chi connectivity index (χ3n) is 3.92. The van der Waals surface area contributed by atoms with E-state index in [-0.39, 0.29) is 11.9 Å². The number of anilines is 1. The van der Waals surface area contributed by atoms with Crippen molar-refractivity contribution in [3.8, 4) is 0 Å². The molecule has 0 aliphatic carbocycles. The average Bonchev–Trinajstić information content (AvgIpc) is 2.32. The molecule has 3 nitrogen and oxygen atoms in total. The summed E-state index contributed by atoms with van der Waals surface area (Å²) >= 11 is 6.12. The van der Waals surface area contributed by atoms with Crippen molar-refractivity contribution in [3.63, 3.8) is 0 Å². The zero-order valence-corrected chi connectivity index (χ0v) is 11.8. The molecule has 0 radical (unpaired) electrons. The van der Waals surface area contributed by atoms with Gasteiger partial charge in [-0.2, -0.15) is 0 Å². The Labute approximate surface area is 113 Å². The van der Waals surface area contributed by atoms with Gasteiger partial charge >= 0.3 is 0 Å². The smallest absolute Gasteiger partial charge is 0.234 e. The Morgan fingerprint density at radius 3 is 2.78 bits per heavy atom. The largest absolute Gasteiger partial charge is 0.327 e. The third kappa shape index (κ3) is 2.02. The van der Waals surface area contributed by atoms with Crippen LogP contribution in [0.2, 0.25) is 5.02 Å². The minimum absolute atomic E-state index is 0.0756. The van der Waals surface area contributed by atoms with Gasteiger partial charge in [0.15, 0.2) is 0 Å². The molecule has 1 fully saturated rings. The number of nitrogens with two attached hydrogens (primary N) is 1. The normalized spacial score (nSPS) is 23.3. The summed E-state index contributed by atoms with van der Waals surface area (Å²) < 4.78 is 0. The molecular weight excluding hydrogens is 248 g/mol. The summed E-state index contributed by atoms with van der Waals surface area (Å²) in [6.07, 6.45) is 0.810. The summed E-state index contributed by atoms with van der Waals surface area (Å²) in [6, 6.07) is 5.57. The molecule has 98 valence electrons. The first kappa shape index (κ1) is 13.4. The van der Waals surface area contributed by atoms with Crippen LogP contribution < -0.4 is 10.6 Å². The predicted molar refractivity (Wildman–Crippen MR) is 74.9 cm³/mol. The van der Waals surface area contributed by atoms with Crippen molar-refractivity contribution in [2.45, 2.75) is 33.2 Å². The lowest BCUT2D eigenvalue weighted by Crippen LogP contribution is -2.56. The van der Waals surface area contributed by atoms with Crippen LogP contribution in [0.4, 0.5) is 5.69 Å². The third-order valence-corrected chi connectivity index (χ3v) is 4.33. The highest BCUT2D eigenvalue weighted by molar-refractivity contribution is 6.31. The zero-order valence-electron chi connectivity index (χ0n) is 11.0. The van der Waals surface area contributed by atoms with E-state index in [0.717, 1.165) is 17.7 Å². The van der Waals surface area contributed by atoms with Gasteiger partial charge in [-0.05, 0) is 44.9 Å². The van der Waals surface area contributed by atoms with Crippen molar-refractivity contribution in [2.75, 3.05) is 11.4 Å². The fraction of sp³-hybridized carbons (Fsp3) is 0.500. The van der Waals surface area contributed by atoms with E-state index in [9.17, 15) is 4.79 Å². The van der Waals surface area contributed by atoms with Crippen LogP contribution in [0.25, 0.3) is 0 Å². The van der Waals surface area contributed by atoms with E-state index in [1.807, 2.05) is 43.9 Å². The number of hydrogen-bond donors (Lipinski definition) is 1. The Hall–Kier alpha value is -1.06. The van der Waals surface area contributed by atoms with Gasteiger partial charge in [0.2, 0.25) is 5.91 Å². The molecule has 1 aliphatic rings. The first-order valence-electron chi connectivity index (χ1n) is 6.18. The van der Waals surface area contributed by atoms with Crippen LogP contribution in [0.3, 0.4) is 0 Å². The SMILES string of the molecule is Cc1c(Cl)cccc1N1CCC(N)C(C)(C)C1=O. The molecule has 2 rings (SSSR count). The maximum Gasteiger partial charge on any atom is 0.234 e. The lowest BCUT2D eigenvalue weighted by molar-refractivity contribution is -0.129. The van der Waals surface area contributed by atoms with E-state index in [4.69, 9.17) is 17.3 Å². The van der Waals surface area contributed by atoms with Crippen molar-refractivity contribution in [3.05, 3.63) is 28.8 Å². The molecule has 0 spiro atoms. The van der Waals surface area contributed by atoms with Crippen LogP contribution in [0.5, 0.6) is 0 Å². The highest BCUT2D eigenvalue weighted by Crippen LogP contribution is 2.35. The first-order chi connectivity index (χ1) is 8.35. The summed E-state index contributed by atoms with van der Waals surface area (Å²) in [6.45, 7) is 6.41. The molecule has 1 aliphatic heterocycles. The van der Waals surface area contributed by atoms with Gasteiger partial charge in [0.25, 0.3) is 0 Å². The predicted octanol–water partition coefficient (Wildman–Crippen LogP) is 2.74. The molecule has 1 saturated heterocycles. The van der Waals surface area contributed by atoms with E-state index in [0.29, 0.717) is 11.6 Å². The molecule has 0 bridgehead atoms. The molecule has 0 aromatic heterocycles. The Morgan fingerprint density at radius 1 is 1.44 bits per heavy atom. The van der Waals surface area contributed by atoms with Crippen LogP contribution in [-0.4, -0.2) is 18.5 Å². The lowest BCUT2D eigenvalue weighted by atomic mass is 9.78. The van der Waals surface area contributed by atoms with E-state index in [1.165, 1.54) is 0 Å². The second-order valence-corrected chi connectivity index (χ2v) is 5.86. The van der Waals surface area contributed by atoms with Crippen molar-refractivity contribution in [1.82, 2.24) is 0 Å². The van der Waals surface area contributed by atoms with Gasteiger partial charge < -0.3 is 10.6 Å². The van der Waals surface area contributed by atoms with Gasteiger partial charge in [-0.15, -0.1) is 0 Å². The van der Waals surface area contributed by atoms with Crippen molar-refractivity contribution < 1.29 is 4.79 Å². The molecule has 2 N–H and O–H groups in total. The van der Waals surface area contributed by atoms with Crippen molar-refractivity contribution >= 4 is 23.2 Å². The van der Waals surface area contributed by atoms with E-state index in [2.05, 4.69) is 0 Å². The second-order valence-electron chi connectivity index (χ2n) is 5.46. The number of hydrogen-bond acceptors (Lipinski definition) is 2. The molecule has 4 heteroatoms. The number of benzene rings is 1. The van der Waals surface area contributed by atoms with Crippen LogP contribution >= 0.6 is 11.6 Å². The number of halogens is 1. The van der Waals surface area contributed by atoms with Gasteiger partial charge in [0, 0.05) is 23.3 Å². The summed E-state index contributed by atoms with van der Waals surface area (Å²) in [5, 5.41) is 0.688. The summed E-state index contributed by atoms with van der Waals surface area (Å²) in [4.78, 5) is 14.3. The number of nitrogens with zero attached hydrogens (tertiary/aromatic N) is 1. The molecule has 18 heavy (non-hydrogen) atoms. The van der Waals surface area contributed by atoms with Gasteiger partial charge in [-0.1, -0.05) is 17.7 Å². The fourth-order valence-corrected chi connectivity index (χ4v) is 2.52. The van der Waals surface area contributed by atoms with E-state index >= 15 is 0 Å². The highest BCUT2D eigenvalue weighted by Gasteiger charge is 2.42. The minimum atomic E-state index is -0.521. The number of carbonyl (C=O) groups excluding carboxylic acids is 1. The Balaban J connectivity index is 2.40. The number of rotatable bonds is 1. The second kappa shape index (κ2) is 4.56. The zero-order chi connectivity index (χ0) is 13.5. The molecule has 1 amide bonds. The van der Waals surface area contributed by atoms with Crippen LogP contribution in [0.1, 0.15) is 25.8 Å². The molecule has 1 unspecified atom stereocenters. The van der Waals surface area contributed by atoms with Crippen molar-refractivity contribution in [2.24, 2.45) is 11.1 Å². The number of piperidine rings is 1. The van der Waals surface area contributed by atoms with Gasteiger partial charge in [-0.25, -0.2) is 0 Å². The molecule has 1 heterocycles. The lowest BCUT2D eigenvalue weighted by Gasteiger charge is -2.42. The average molecular weight is 267 g/mol. The number of amides is 1. The topological polar surface area (TPSA) is 46.3 Å². The Bertz CT molecular complexity index is 485. The molecule has 1 aromatic rings. The Morgan fingerprint density at radius 2 is 2.11 bits per heavy atom. The summed E-state index contributed by atoms with van der Waals surface area (Å²) in [5.74, 6) is 0.0756. The maximum atomic E-state index is 12.5. The van der Waals surface area contributed by atoms with Crippen LogP contribution in [-0.2, 0) is 4.79 Å². The standard InChI is InChI=1S/C14H19ClN2O/c1-9-10(15)5-4-6-11(9)17-8-7-12(16)14(2,3)13(17)18/h4-6,12H,7-8,16H2,1-3H3. The van der Waals surface area contributed by atoms with Crippen LogP contribution in [0.15, 0.2) is 18.2 Å². The maximum absolute atomic E-state index is 12.5. The van der Waals surface area contributed by atoms with Crippen molar-refractivity contribution in [1.29, 1.82) is 0 Å². The van der Waals surface area contributed by atoms with E-state index in [1.54, 1.807) is 0 Å². The summed E-state index contributed by atoms with van der Waals surface area (Å²) in [5.41, 5.74) is 7.36. The summed E-state index contributed by atoms with van der Waals surface area (Å²) in [7, 11) is 0. The minimum Gasteiger partial charge on any atom is -0.327 e. The van der Waals surface area contributed by atoms with Gasteiger partial charge in [0.1, 0.15) is 0 Å². The quantitative estimate of drug-likeness (QED) is 0.850. The Kier molecular flexibility index (Phi) is 3.39. The molecular formula is C14H19ClN2O. The van der Waals surface area contributed by atoms with Gasteiger partial charge in [-0.3, -0.25) is 4.79 Å². The number of carbonyl (C=O) groups is 1. The van der Waals surface area contributed by atoms with E-state index < -0.39 is 5.41 Å². The van der Waals surface area contributed by atoms with Crippen LogP contribution in [0, 0.1) is 12.3 Å². The molecule has 0 saturated carbocycles. The molecule has 1 atom stereocenters.